The van der Waals surface area contributed by atoms with Gasteiger partial charge in [0.15, 0.2) is 0 Å². The number of hydrogen-bond acceptors (Lipinski definition) is 2. The van der Waals surface area contributed by atoms with Crippen LogP contribution in [-0.2, 0) is 0 Å². The molecule has 15 aromatic carbocycles. The molecule has 0 aliphatic carbocycles. The van der Waals surface area contributed by atoms with Gasteiger partial charge in [0.25, 0.3) is 0 Å². The standard InChI is InChI=1S/C90H62N4/c1-3-20-63(21-4-1)65-38-50-73(51-39-65)91(77-58-46-69(47-59-77)79-26-7-13-32-85(79)93-87-34-15-9-28-81(87)82-29-10-16-35-88(82)93)75-54-42-67(43-55-75)71-24-19-25-72(62-71)68-44-56-76(57-45-68)92(74-52-40-66(41-53-74)64-22-5-2-6-23-64)78-60-48-70(49-61-78)80-27-8-14-33-86(80)94-89-36-17-11-30-83(89)84-31-12-18-37-90(84)94/h1-62H. The lowest BCUT2D eigenvalue weighted by molar-refractivity contribution is 1.18. The van der Waals surface area contributed by atoms with E-state index in [0.717, 1.165) is 78.9 Å². The molecule has 0 amide bonds. The van der Waals surface area contributed by atoms with Crippen LogP contribution in [0, 0.1) is 0 Å². The third-order valence-corrected chi connectivity index (χ3v) is 18.6. The predicted molar refractivity (Wildman–Crippen MR) is 397 cm³/mol. The zero-order valence-electron chi connectivity index (χ0n) is 51.6. The highest BCUT2D eigenvalue weighted by molar-refractivity contribution is 6.11. The summed E-state index contributed by atoms with van der Waals surface area (Å²) in [6, 6.07) is 137. The maximum absolute atomic E-state index is 2.42. The summed E-state index contributed by atoms with van der Waals surface area (Å²) in [7, 11) is 0. The van der Waals surface area contributed by atoms with Crippen molar-refractivity contribution in [3.8, 4) is 78.1 Å². The highest BCUT2D eigenvalue weighted by Gasteiger charge is 2.21. The summed E-state index contributed by atoms with van der Waals surface area (Å²) in [5.74, 6) is 0. The molecule has 0 unspecified atom stereocenters. The zero-order chi connectivity index (χ0) is 62.3. The molecule has 2 heterocycles. The number of benzene rings is 15. The van der Waals surface area contributed by atoms with E-state index in [4.69, 9.17) is 0 Å². The predicted octanol–water partition coefficient (Wildman–Crippen LogP) is 24.8. The van der Waals surface area contributed by atoms with Crippen LogP contribution in [0.4, 0.5) is 34.1 Å². The van der Waals surface area contributed by atoms with Gasteiger partial charge in [0.1, 0.15) is 0 Å². The van der Waals surface area contributed by atoms with Gasteiger partial charge < -0.3 is 18.9 Å². The van der Waals surface area contributed by atoms with Crippen molar-refractivity contribution in [2.45, 2.75) is 0 Å². The zero-order valence-corrected chi connectivity index (χ0v) is 51.6. The Morgan fingerprint density at radius 3 is 0.691 bits per heavy atom. The molecule has 0 radical (unpaired) electrons. The molecular weight excluding hydrogens is 1140 g/mol. The Balaban J connectivity index is 0.681. The Morgan fingerprint density at radius 2 is 0.383 bits per heavy atom. The van der Waals surface area contributed by atoms with Crippen LogP contribution in [0.3, 0.4) is 0 Å². The molecule has 0 saturated heterocycles. The number of rotatable bonds is 14. The average Bonchev–Trinajstić information content (AvgIpc) is 1.59. The van der Waals surface area contributed by atoms with Gasteiger partial charge >= 0.3 is 0 Å². The van der Waals surface area contributed by atoms with Crippen molar-refractivity contribution in [2.75, 3.05) is 9.80 Å². The van der Waals surface area contributed by atoms with Gasteiger partial charge in [-0.15, -0.1) is 0 Å². The molecule has 0 bridgehead atoms. The molecule has 17 rings (SSSR count). The van der Waals surface area contributed by atoms with Crippen molar-refractivity contribution < 1.29 is 0 Å². The first-order chi connectivity index (χ1) is 46.6. The van der Waals surface area contributed by atoms with Crippen LogP contribution < -0.4 is 9.80 Å². The number of fused-ring (bicyclic) bond motifs is 6. The molecule has 4 nitrogen and oxygen atoms in total. The first-order valence-corrected chi connectivity index (χ1v) is 32.2. The molecule has 94 heavy (non-hydrogen) atoms. The largest absolute Gasteiger partial charge is 0.311 e. The Bertz CT molecular complexity index is 5100. The minimum absolute atomic E-state index is 1.07. The summed E-state index contributed by atoms with van der Waals surface area (Å²) in [4.78, 5) is 4.73. The van der Waals surface area contributed by atoms with Crippen molar-refractivity contribution in [1.82, 2.24) is 9.13 Å². The number of hydrogen-bond donors (Lipinski definition) is 0. The number of nitrogens with zero attached hydrogens (tertiary/aromatic N) is 4. The maximum atomic E-state index is 2.42. The second kappa shape index (κ2) is 24.0. The minimum Gasteiger partial charge on any atom is -0.311 e. The summed E-state index contributed by atoms with van der Waals surface area (Å²) in [6.45, 7) is 0. The first-order valence-electron chi connectivity index (χ1n) is 32.2. The van der Waals surface area contributed by atoms with E-state index < -0.39 is 0 Å². The molecule has 0 spiro atoms. The fourth-order valence-electron chi connectivity index (χ4n) is 14.0. The van der Waals surface area contributed by atoms with E-state index in [9.17, 15) is 0 Å². The molecule has 0 N–H and O–H groups in total. The summed E-state index contributed by atoms with van der Waals surface area (Å²) < 4.78 is 4.83. The Kier molecular flexibility index (Phi) is 14.2. The number of aromatic nitrogens is 2. The Labute approximate surface area is 547 Å². The summed E-state index contributed by atoms with van der Waals surface area (Å²) >= 11 is 0. The van der Waals surface area contributed by atoms with Gasteiger partial charge in [0.2, 0.25) is 0 Å². The van der Waals surface area contributed by atoms with Crippen LogP contribution in [0.25, 0.3) is 122 Å². The molecule has 442 valence electrons. The topological polar surface area (TPSA) is 16.3 Å². The van der Waals surface area contributed by atoms with Crippen molar-refractivity contribution >= 4 is 77.7 Å². The minimum atomic E-state index is 1.07. The quantitative estimate of drug-likeness (QED) is 0.108. The number of para-hydroxylation sites is 6. The number of anilines is 6. The van der Waals surface area contributed by atoms with Gasteiger partial charge in [0.05, 0.1) is 33.4 Å². The summed E-state index contributed by atoms with van der Waals surface area (Å²) in [5.41, 5.74) is 27.5. The molecule has 0 aliphatic rings. The van der Waals surface area contributed by atoms with E-state index in [1.54, 1.807) is 0 Å². The summed E-state index contributed by atoms with van der Waals surface area (Å²) in [6.07, 6.45) is 0. The van der Waals surface area contributed by atoms with E-state index in [-0.39, 0.29) is 0 Å². The lowest BCUT2D eigenvalue weighted by atomic mass is 9.98. The van der Waals surface area contributed by atoms with E-state index >= 15 is 0 Å². The third kappa shape index (κ3) is 10.2. The summed E-state index contributed by atoms with van der Waals surface area (Å²) in [5, 5.41) is 5.00. The van der Waals surface area contributed by atoms with Crippen LogP contribution in [0.15, 0.2) is 376 Å². The maximum Gasteiger partial charge on any atom is 0.0541 e. The van der Waals surface area contributed by atoms with Crippen LogP contribution in [-0.4, -0.2) is 9.13 Å². The lowest BCUT2D eigenvalue weighted by Gasteiger charge is -2.26. The fraction of sp³-hybridized carbons (Fsp3) is 0. The molecular formula is C90H62N4. The highest BCUT2D eigenvalue weighted by Crippen LogP contribution is 2.44. The van der Waals surface area contributed by atoms with Crippen LogP contribution >= 0.6 is 0 Å². The molecule has 0 aliphatic heterocycles. The van der Waals surface area contributed by atoms with Crippen LogP contribution in [0.1, 0.15) is 0 Å². The fourth-order valence-corrected chi connectivity index (χ4v) is 14.0. The highest BCUT2D eigenvalue weighted by atomic mass is 15.1. The molecule has 17 aromatic rings. The third-order valence-electron chi connectivity index (χ3n) is 18.6. The van der Waals surface area contributed by atoms with Gasteiger partial charge in [-0.2, -0.15) is 0 Å². The molecule has 0 atom stereocenters. The first kappa shape index (κ1) is 55.6. The monoisotopic (exact) mass is 1200 g/mol. The van der Waals surface area contributed by atoms with Crippen molar-refractivity contribution in [3.63, 3.8) is 0 Å². The van der Waals surface area contributed by atoms with Crippen molar-refractivity contribution in [2.24, 2.45) is 0 Å². The second-order valence-corrected chi connectivity index (χ2v) is 24.0. The van der Waals surface area contributed by atoms with Crippen LogP contribution in [0.5, 0.6) is 0 Å². The lowest BCUT2D eigenvalue weighted by Crippen LogP contribution is -2.10. The van der Waals surface area contributed by atoms with Crippen molar-refractivity contribution in [3.05, 3.63) is 376 Å². The normalized spacial score (nSPS) is 11.4. The molecule has 0 saturated carbocycles. The smallest absolute Gasteiger partial charge is 0.0541 e. The van der Waals surface area contributed by atoms with Crippen LogP contribution in [0.2, 0.25) is 0 Å². The Morgan fingerprint density at radius 1 is 0.160 bits per heavy atom. The Hall–Kier alpha value is -12.5. The van der Waals surface area contributed by atoms with E-state index in [0.29, 0.717) is 0 Å². The van der Waals surface area contributed by atoms with Crippen molar-refractivity contribution in [1.29, 1.82) is 0 Å². The van der Waals surface area contributed by atoms with Gasteiger partial charge in [-0.05, 0) is 171 Å². The molecule has 2 aromatic heterocycles. The van der Waals surface area contributed by atoms with Gasteiger partial charge in [-0.3, -0.25) is 0 Å². The van der Waals surface area contributed by atoms with Gasteiger partial charge in [-0.25, -0.2) is 0 Å². The molecule has 0 fully saturated rings. The van der Waals surface area contributed by atoms with Gasteiger partial charge in [0, 0.05) is 66.8 Å². The van der Waals surface area contributed by atoms with E-state index in [2.05, 4.69) is 395 Å². The van der Waals surface area contributed by atoms with Gasteiger partial charge in [-0.1, -0.05) is 261 Å². The van der Waals surface area contributed by atoms with E-state index in [1.807, 2.05) is 0 Å². The average molecular weight is 1200 g/mol. The SMILES string of the molecule is c1ccc(-c2ccc(N(c3ccc(-c4cccc(-c5ccc(N(c6ccc(-c7ccccc7)cc6)c6ccc(-c7ccccc7-n7c8ccccc8c8ccccc87)cc6)cc5)c4)cc3)c3ccc(-c4ccccc4-n4c5ccccc5c5ccccc54)cc3)cc2)cc1. The molecule has 4 heteroatoms. The second-order valence-electron chi connectivity index (χ2n) is 24.0. The van der Waals surface area contributed by atoms with E-state index in [1.165, 1.54) is 77.0 Å².